The van der Waals surface area contributed by atoms with Crippen molar-refractivity contribution in [3.8, 4) is 0 Å². The van der Waals surface area contributed by atoms with E-state index < -0.39 is 5.97 Å². The number of carboxylic acids is 1. The summed E-state index contributed by atoms with van der Waals surface area (Å²) in [7, 11) is 0. The molecular weight excluding hydrogens is 250 g/mol. The van der Waals surface area contributed by atoms with Crippen LogP contribution >= 0.6 is 11.3 Å². The Labute approximate surface area is 108 Å². The number of rotatable bonds is 3. The molecule has 94 valence electrons. The lowest BCUT2D eigenvalue weighted by atomic mass is 10.1. The molecule has 0 spiro atoms. The lowest BCUT2D eigenvalue weighted by molar-refractivity contribution is 0.0694. The van der Waals surface area contributed by atoms with Crippen LogP contribution in [0.3, 0.4) is 0 Å². The van der Waals surface area contributed by atoms with E-state index in [4.69, 9.17) is 0 Å². The molecule has 0 aliphatic carbocycles. The van der Waals surface area contributed by atoms with Crippen molar-refractivity contribution in [1.29, 1.82) is 0 Å². The Morgan fingerprint density at radius 2 is 2.17 bits per heavy atom. The summed E-state index contributed by atoms with van der Waals surface area (Å²) < 4.78 is 1.50. The molecule has 0 bridgehead atoms. The van der Waals surface area contributed by atoms with E-state index in [9.17, 15) is 14.7 Å². The zero-order chi connectivity index (χ0) is 13.3. The van der Waals surface area contributed by atoms with Gasteiger partial charge in [-0.05, 0) is 41.8 Å². The van der Waals surface area contributed by atoms with Gasteiger partial charge in [-0.25, -0.2) is 4.79 Å². The van der Waals surface area contributed by atoms with Gasteiger partial charge >= 0.3 is 5.97 Å². The first-order chi connectivity index (χ1) is 8.50. The summed E-state index contributed by atoms with van der Waals surface area (Å²) in [6, 6.07) is 3.31. The van der Waals surface area contributed by atoms with E-state index in [0.717, 1.165) is 5.56 Å². The molecule has 5 heteroatoms. The highest BCUT2D eigenvalue weighted by Crippen LogP contribution is 2.14. The molecule has 0 fully saturated rings. The fraction of sp³-hybridized carbons (Fsp3) is 0.231. The van der Waals surface area contributed by atoms with Gasteiger partial charge in [0.2, 0.25) is 0 Å². The number of aromatic nitrogens is 1. The van der Waals surface area contributed by atoms with E-state index in [1.54, 1.807) is 25.2 Å². The summed E-state index contributed by atoms with van der Waals surface area (Å²) in [5, 5.41) is 13.1. The number of nitrogens with zero attached hydrogens (tertiary/aromatic N) is 1. The maximum Gasteiger partial charge on any atom is 0.337 e. The lowest BCUT2D eigenvalue weighted by Crippen LogP contribution is -2.25. The Balaban J connectivity index is 2.57. The van der Waals surface area contributed by atoms with Crippen LogP contribution in [0, 0.1) is 13.8 Å². The molecular formula is C13H13NO3S. The highest BCUT2D eigenvalue weighted by Gasteiger charge is 2.15. The molecule has 2 aromatic rings. The first-order valence-corrected chi connectivity index (χ1v) is 6.40. The predicted octanol–water partition coefficient (Wildman–Crippen LogP) is 2.27. The summed E-state index contributed by atoms with van der Waals surface area (Å²) >= 11 is 1.55. The zero-order valence-electron chi connectivity index (χ0n) is 10.1. The van der Waals surface area contributed by atoms with E-state index in [1.165, 1.54) is 10.6 Å². The van der Waals surface area contributed by atoms with Crippen molar-refractivity contribution in [3.05, 3.63) is 55.6 Å². The average molecular weight is 263 g/mol. The molecule has 1 N–H and O–H groups in total. The fourth-order valence-corrected chi connectivity index (χ4v) is 2.67. The van der Waals surface area contributed by atoms with Gasteiger partial charge in [-0.2, -0.15) is 11.3 Å². The first kappa shape index (κ1) is 12.6. The van der Waals surface area contributed by atoms with Crippen LogP contribution in [0.2, 0.25) is 0 Å². The van der Waals surface area contributed by atoms with Gasteiger partial charge in [0.05, 0.1) is 12.1 Å². The molecule has 0 saturated carbocycles. The maximum atomic E-state index is 11.9. The largest absolute Gasteiger partial charge is 0.478 e. The Bertz CT molecular complexity index is 641. The number of carbonyl (C=O) groups is 1. The van der Waals surface area contributed by atoms with E-state index in [0.29, 0.717) is 17.8 Å². The van der Waals surface area contributed by atoms with E-state index in [1.807, 2.05) is 16.8 Å². The molecule has 2 heterocycles. The molecule has 0 aliphatic rings. The van der Waals surface area contributed by atoms with Crippen molar-refractivity contribution in [2.24, 2.45) is 0 Å². The van der Waals surface area contributed by atoms with Gasteiger partial charge in [-0.3, -0.25) is 4.79 Å². The molecule has 18 heavy (non-hydrogen) atoms. The number of carboxylic acid groups (broad SMARTS) is 1. The van der Waals surface area contributed by atoms with E-state index in [2.05, 4.69) is 0 Å². The number of pyridine rings is 1. The quantitative estimate of drug-likeness (QED) is 0.924. The molecule has 0 saturated heterocycles. The number of thiophene rings is 1. The average Bonchev–Trinajstić information content (AvgIpc) is 2.75. The fourth-order valence-electron chi connectivity index (χ4n) is 2.01. The molecule has 2 rings (SSSR count). The Kier molecular flexibility index (Phi) is 3.34. The Hall–Kier alpha value is -1.88. The second-order valence-corrected chi connectivity index (χ2v) is 4.93. The van der Waals surface area contributed by atoms with Crippen molar-refractivity contribution in [2.75, 3.05) is 0 Å². The summed E-state index contributed by atoms with van der Waals surface area (Å²) in [4.78, 5) is 23.1. The third kappa shape index (κ3) is 2.22. The minimum Gasteiger partial charge on any atom is -0.478 e. The molecule has 0 radical (unpaired) electrons. The van der Waals surface area contributed by atoms with Gasteiger partial charge in [0.25, 0.3) is 5.56 Å². The minimum atomic E-state index is -0.996. The van der Waals surface area contributed by atoms with Crippen LogP contribution in [0.4, 0.5) is 0 Å². The maximum absolute atomic E-state index is 11.9. The SMILES string of the molecule is Cc1cc(=O)n(Cc2ccsc2)c(C)c1C(=O)O. The number of aromatic carboxylic acids is 1. The molecule has 0 aliphatic heterocycles. The van der Waals surface area contributed by atoms with Crippen molar-refractivity contribution >= 4 is 17.3 Å². The van der Waals surface area contributed by atoms with Crippen LogP contribution in [0.1, 0.15) is 27.2 Å². The van der Waals surface area contributed by atoms with Gasteiger partial charge in [-0.15, -0.1) is 0 Å². The second kappa shape index (κ2) is 4.78. The zero-order valence-corrected chi connectivity index (χ0v) is 11.0. The van der Waals surface area contributed by atoms with Crippen LogP contribution < -0.4 is 5.56 Å². The number of aryl methyl sites for hydroxylation is 1. The van der Waals surface area contributed by atoms with Crippen LogP contribution in [-0.4, -0.2) is 15.6 Å². The molecule has 0 atom stereocenters. The van der Waals surface area contributed by atoms with E-state index >= 15 is 0 Å². The van der Waals surface area contributed by atoms with E-state index in [-0.39, 0.29) is 11.1 Å². The first-order valence-electron chi connectivity index (χ1n) is 5.46. The van der Waals surface area contributed by atoms with Gasteiger partial charge in [0.15, 0.2) is 0 Å². The lowest BCUT2D eigenvalue weighted by Gasteiger charge is -2.13. The summed E-state index contributed by atoms with van der Waals surface area (Å²) in [6.45, 7) is 3.73. The standard InChI is InChI=1S/C13H13NO3S/c1-8-5-11(15)14(6-10-3-4-18-7-10)9(2)12(8)13(16)17/h3-5,7H,6H2,1-2H3,(H,16,17). The Morgan fingerprint density at radius 3 is 2.72 bits per heavy atom. The highest BCUT2D eigenvalue weighted by atomic mass is 32.1. The van der Waals surface area contributed by atoms with Crippen molar-refractivity contribution in [1.82, 2.24) is 4.57 Å². The van der Waals surface area contributed by atoms with Gasteiger partial charge in [-0.1, -0.05) is 0 Å². The normalized spacial score (nSPS) is 10.6. The van der Waals surface area contributed by atoms with Crippen LogP contribution in [0.25, 0.3) is 0 Å². The van der Waals surface area contributed by atoms with Gasteiger partial charge in [0, 0.05) is 11.8 Å². The third-order valence-electron chi connectivity index (χ3n) is 2.90. The Morgan fingerprint density at radius 1 is 1.44 bits per heavy atom. The summed E-state index contributed by atoms with van der Waals surface area (Å²) in [5.41, 5.74) is 2.06. The predicted molar refractivity (Wildman–Crippen MR) is 70.6 cm³/mol. The molecule has 0 aromatic carbocycles. The van der Waals surface area contributed by atoms with Gasteiger partial charge in [0.1, 0.15) is 0 Å². The number of hydrogen-bond donors (Lipinski definition) is 1. The van der Waals surface area contributed by atoms with Crippen molar-refractivity contribution in [2.45, 2.75) is 20.4 Å². The third-order valence-corrected chi connectivity index (χ3v) is 3.63. The van der Waals surface area contributed by atoms with Crippen molar-refractivity contribution in [3.63, 3.8) is 0 Å². The highest BCUT2D eigenvalue weighted by molar-refractivity contribution is 7.07. The van der Waals surface area contributed by atoms with Crippen LogP contribution in [0.5, 0.6) is 0 Å². The van der Waals surface area contributed by atoms with Crippen LogP contribution in [-0.2, 0) is 6.54 Å². The smallest absolute Gasteiger partial charge is 0.337 e. The number of hydrogen-bond acceptors (Lipinski definition) is 3. The summed E-state index contributed by atoms with van der Waals surface area (Å²) in [6.07, 6.45) is 0. The topological polar surface area (TPSA) is 59.3 Å². The molecule has 4 nitrogen and oxygen atoms in total. The van der Waals surface area contributed by atoms with Crippen LogP contribution in [0.15, 0.2) is 27.7 Å². The molecule has 2 aromatic heterocycles. The monoisotopic (exact) mass is 263 g/mol. The summed E-state index contributed by atoms with van der Waals surface area (Å²) in [5.74, 6) is -0.996. The molecule has 0 amide bonds. The minimum absolute atomic E-state index is 0.166. The van der Waals surface area contributed by atoms with Gasteiger partial charge < -0.3 is 9.67 Å². The molecule has 0 unspecified atom stereocenters. The van der Waals surface area contributed by atoms with Crippen molar-refractivity contribution < 1.29 is 9.90 Å². The second-order valence-electron chi connectivity index (χ2n) is 4.15.